The highest BCUT2D eigenvalue weighted by molar-refractivity contribution is 7.12. The summed E-state index contributed by atoms with van der Waals surface area (Å²) in [7, 11) is 0. The highest BCUT2D eigenvalue weighted by atomic mass is 32.1. The second kappa shape index (κ2) is 10.9. The number of carbonyl (C=O) groups is 2. The minimum Gasteiger partial charge on any atom is -0.348 e. The molecule has 6 nitrogen and oxygen atoms in total. The van der Waals surface area contributed by atoms with Crippen molar-refractivity contribution in [2.45, 2.75) is 64.6 Å². The Kier molecular flexibility index (Phi) is 7.76. The van der Waals surface area contributed by atoms with E-state index in [-0.39, 0.29) is 17.9 Å². The third-order valence-electron chi connectivity index (χ3n) is 5.82. The first kappa shape index (κ1) is 22.7. The van der Waals surface area contributed by atoms with Crippen LogP contribution in [0.3, 0.4) is 0 Å². The number of aromatic nitrogens is 2. The van der Waals surface area contributed by atoms with Gasteiger partial charge in [0.15, 0.2) is 0 Å². The molecular weight excluding hydrogens is 440 g/mol. The molecule has 1 aliphatic carbocycles. The van der Waals surface area contributed by atoms with Crippen molar-refractivity contribution in [3.05, 3.63) is 62.5 Å². The van der Waals surface area contributed by atoms with Crippen LogP contribution in [0.2, 0.25) is 0 Å². The molecule has 2 amide bonds. The van der Waals surface area contributed by atoms with Crippen LogP contribution in [-0.2, 0) is 13.1 Å². The fraction of sp³-hybridized carbons (Fsp3) is 0.458. The fourth-order valence-corrected chi connectivity index (χ4v) is 5.62. The largest absolute Gasteiger partial charge is 0.348 e. The third-order valence-corrected chi connectivity index (χ3v) is 7.51. The number of nitrogens with zero attached hydrogens (tertiary/aromatic N) is 3. The van der Waals surface area contributed by atoms with E-state index < -0.39 is 0 Å². The summed E-state index contributed by atoms with van der Waals surface area (Å²) >= 11 is 2.99. The maximum absolute atomic E-state index is 12.9. The second-order valence-corrected chi connectivity index (χ2v) is 10.2. The van der Waals surface area contributed by atoms with Crippen LogP contribution < -0.4 is 5.32 Å². The second-order valence-electron chi connectivity index (χ2n) is 8.27. The van der Waals surface area contributed by atoms with Gasteiger partial charge in [0.25, 0.3) is 11.8 Å². The molecular formula is C24H30N4O2S2. The Balaban J connectivity index is 1.40. The molecule has 0 saturated heterocycles. The van der Waals surface area contributed by atoms with Gasteiger partial charge in [-0.2, -0.15) is 0 Å². The van der Waals surface area contributed by atoms with Crippen molar-refractivity contribution in [3.8, 4) is 0 Å². The topological polar surface area (TPSA) is 67.2 Å². The molecule has 32 heavy (non-hydrogen) atoms. The number of rotatable bonds is 9. The van der Waals surface area contributed by atoms with Crippen molar-refractivity contribution in [3.63, 3.8) is 0 Å². The zero-order valence-corrected chi connectivity index (χ0v) is 20.1. The minimum absolute atomic E-state index is 0.0669. The molecule has 0 spiro atoms. The van der Waals surface area contributed by atoms with Crippen molar-refractivity contribution >= 4 is 34.5 Å². The number of thiazole rings is 1. The Bertz CT molecular complexity index is 1020. The molecule has 3 aromatic heterocycles. The average Bonchev–Trinajstić information content (AvgIpc) is 3.57. The quantitative estimate of drug-likeness (QED) is 0.469. The van der Waals surface area contributed by atoms with Crippen LogP contribution in [0.25, 0.3) is 0 Å². The molecule has 0 radical (unpaired) electrons. The van der Waals surface area contributed by atoms with E-state index in [0.717, 1.165) is 34.8 Å². The van der Waals surface area contributed by atoms with Gasteiger partial charge >= 0.3 is 0 Å². The van der Waals surface area contributed by atoms with Gasteiger partial charge in [-0.05, 0) is 42.8 Å². The highest BCUT2D eigenvalue weighted by Crippen LogP contribution is 2.20. The lowest BCUT2D eigenvalue weighted by Crippen LogP contribution is -2.36. The summed E-state index contributed by atoms with van der Waals surface area (Å²) in [4.78, 5) is 32.8. The molecule has 1 N–H and O–H groups in total. The molecule has 0 atom stereocenters. The number of hydrogen-bond donors (Lipinski definition) is 1. The lowest BCUT2D eigenvalue weighted by Gasteiger charge is -2.22. The van der Waals surface area contributed by atoms with E-state index in [2.05, 4.69) is 27.9 Å². The summed E-state index contributed by atoms with van der Waals surface area (Å²) in [5.74, 6) is 0.00770. The van der Waals surface area contributed by atoms with E-state index in [1.165, 1.54) is 41.9 Å². The van der Waals surface area contributed by atoms with E-state index >= 15 is 0 Å². The summed E-state index contributed by atoms with van der Waals surface area (Å²) in [5, 5.41) is 7.81. The Morgan fingerprint density at radius 1 is 1.19 bits per heavy atom. The molecule has 4 rings (SSSR count). The number of nitrogens with one attached hydrogen (secondary N) is 1. The van der Waals surface area contributed by atoms with Crippen molar-refractivity contribution in [1.29, 1.82) is 0 Å². The lowest BCUT2D eigenvalue weighted by atomic mass is 9.95. The van der Waals surface area contributed by atoms with Gasteiger partial charge in [-0.15, -0.1) is 22.7 Å². The summed E-state index contributed by atoms with van der Waals surface area (Å²) < 4.78 is 2.12. The van der Waals surface area contributed by atoms with Crippen LogP contribution in [0.1, 0.15) is 76.3 Å². The van der Waals surface area contributed by atoms with Crippen LogP contribution in [0.15, 0.2) is 41.2 Å². The van der Waals surface area contributed by atoms with E-state index in [1.807, 2.05) is 40.1 Å². The predicted molar refractivity (Wildman–Crippen MR) is 129 cm³/mol. The van der Waals surface area contributed by atoms with Gasteiger partial charge in [-0.25, -0.2) is 4.98 Å². The molecule has 1 saturated carbocycles. The van der Waals surface area contributed by atoms with Crippen LogP contribution in [0.4, 0.5) is 0 Å². The van der Waals surface area contributed by atoms with E-state index in [4.69, 9.17) is 0 Å². The molecule has 0 aliphatic heterocycles. The van der Waals surface area contributed by atoms with Gasteiger partial charge in [0.05, 0.1) is 18.0 Å². The molecule has 3 heterocycles. The van der Waals surface area contributed by atoms with Crippen molar-refractivity contribution in [2.75, 3.05) is 6.54 Å². The normalized spacial score (nSPS) is 14.4. The molecule has 3 aromatic rings. The first-order chi connectivity index (χ1) is 15.6. The smallest absolute Gasteiger partial charge is 0.270 e. The lowest BCUT2D eigenvalue weighted by molar-refractivity contribution is 0.0744. The molecule has 0 aromatic carbocycles. The van der Waals surface area contributed by atoms with Gasteiger partial charge in [0.2, 0.25) is 0 Å². The van der Waals surface area contributed by atoms with Crippen molar-refractivity contribution < 1.29 is 9.59 Å². The molecule has 8 heteroatoms. The summed E-state index contributed by atoms with van der Waals surface area (Å²) in [6.45, 7) is 3.95. The van der Waals surface area contributed by atoms with Crippen LogP contribution in [0.5, 0.6) is 0 Å². The molecule has 0 bridgehead atoms. The maximum atomic E-state index is 12.9. The Morgan fingerprint density at radius 3 is 2.78 bits per heavy atom. The van der Waals surface area contributed by atoms with Crippen molar-refractivity contribution in [2.24, 2.45) is 0 Å². The number of carbonyl (C=O) groups excluding carboxylic acids is 2. The first-order valence-electron chi connectivity index (χ1n) is 11.4. The Labute approximate surface area is 197 Å². The van der Waals surface area contributed by atoms with E-state index in [1.54, 1.807) is 0 Å². The first-order valence-corrected chi connectivity index (χ1v) is 13.1. The zero-order chi connectivity index (χ0) is 22.3. The molecule has 0 unspecified atom stereocenters. The van der Waals surface area contributed by atoms with E-state index in [9.17, 15) is 9.59 Å². The molecule has 170 valence electrons. The summed E-state index contributed by atoms with van der Waals surface area (Å²) in [6.07, 6.45) is 8.69. The fourth-order valence-electron chi connectivity index (χ4n) is 4.16. The van der Waals surface area contributed by atoms with Gasteiger partial charge in [-0.3, -0.25) is 9.59 Å². The number of amides is 2. The number of thiophene rings is 1. The van der Waals surface area contributed by atoms with Gasteiger partial charge in [-0.1, -0.05) is 32.3 Å². The minimum atomic E-state index is -0.0669. The van der Waals surface area contributed by atoms with Gasteiger partial charge < -0.3 is 14.8 Å². The molecule has 1 aliphatic rings. The Morgan fingerprint density at radius 2 is 2.03 bits per heavy atom. The zero-order valence-electron chi connectivity index (χ0n) is 18.5. The van der Waals surface area contributed by atoms with Crippen LogP contribution >= 0.6 is 22.7 Å². The highest BCUT2D eigenvalue weighted by Gasteiger charge is 2.20. The SMILES string of the molecule is CCCN(Cc1cccn1Cc1nc(C(=O)NC2CCCCC2)cs1)C(=O)c1cccs1. The maximum Gasteiger partial charge on any atom is 0.270 e. The molecule has 1 fully saturated rings. The summed E-state index contributed by atoms with van der Waals surface area (Å²) in [6, 6.07) is 8.12. The number of hydrogen-bond acceptors (Lipinski definition) is 5. The standard InChI is InChI=1S/C24H30N4O2S2/c1-2-12-28(24(30)21-11-7-14-31-21)15-19-10-6-13-27(19)16-22-26-20(17-32-22)23(29)25-18-8-4-3-5-9-18/h6-7,10-11,13-14,17-18H,2-5,8-9,12,15-16H2,1H3,(H,25,29). The third kappa shape index (κ3) is 5.66. The van der Waals surface area contributed by atoms with E-state index in [0.29, 0.717) is 25.3 Å². The monoisotopic (exact) mass is 470 g/mol. The summed E-state index contributed by atoms with van der Waals surface area (Å²) in [5.41, 5.74) is 1.57. The predicted octanol–water partition coefficient (Wildman–Crippen LogP) is 5.17. The van der Waals surface area contributed by atoms with Gasteiger partial charge in [0, 0.05) is 29.9 Å². The van der Waals surface area contributed by atoms with Gasteiger partial charge in [0.1, 0.15) is 10.7 Å². The Hall–Kier alpha value is -2.45. The average molecular weight is 471 g/mol. The van der Waals surface area contributed by atoms with Crippen molar-refractivity contribution in [1.82, 2.24) is 19.8 Å². The van der Waals surface area contributed by atoms with Crippen LogP contribution in [-0.4, -0.2) is 38.9 Å². The van der Waals surface area contributed by atoms with Crippen LogP contribution in [0, 0.1) is 0 Å².